The van der Waals surface area contributed by atoms with Crippen molar-refractivity contribution in [1.29, 1.82) is 0 Å². The van der Waals surface area contributed by atoms with Crippen molar-refractivity contribution in [2.24, 2.45) is 0 Å². The molecule has 0 saturated heterocycles. The van der Waals surface area contributed by atoms with Crippen LogP contribution in [0.25, 0.3) is 5.57 Å². The van der Waals surface area contributed by atoms with Crippen molar-refractivity contribution in [3.8, 4) is 11.5 Å². The van der Waals surface area contributed by atoms with Crippen molar-refractivity contribution in [1.82, 2.24) is 0 Å². The van der Waals surface area contributed by atoms with Crippen LogP contribution in [0.5, 0.6) is 11.5 Å². The zero-order valence-corrected chi connectivity index (χ0v) is 20.3. The molecule has 0 aliphatic heterocycles. The zero-order valence-electron chi connectivity index (χ0n) is 20.3. The molecule has 0 saturated carbocycles. The Kier molecular flexibility index (Phi) is 8.95. The quantitative estimate of drug-likeness (QED) is 0.212. The lowest BCUT2D eigenvalue weighted by Gasteiger charge is -2.12. The van der Waals surface area contributed by atoms with Gasteiger partial charge in [0.05, 0.1) is 13.2 Å². The van der Waals surface area contributed by atoms with E-state index < -0.39 is 0 Å². The van der Waals surface area contributed by atoms with Crippen LogP contribution in [-0.4, -0.2) is 13.2 Å². The smallest absolute Gasteiger partial charge is 0.119 e. The van der Waals surface area contributed by atoms with Crippen molar-refractivity contribution >= 4 is 5.57 Å². The van der Waals surface area contributed by atoms with E-state index in [9.17, 15) is 0 Å². The fourth-order valence-corrected chi connectivity index (χ4v) is 3.88. The predicted molar refractivity (Wildman–Crippen MR) is 146 cm³/mol. The van der Waals surface area contributed by atoms with Crippen LogP contribution in [0.15, 0.2) is 127 Å². The van der Waals surface area contributed by atoms with Gasteiger partial charge in [-0.05, 0) is 59.0 Å². The summed E-state index contributed by atoms with van der Waals surface area (Å²) in [5.74, 6) is 1.77. The Balaban J connectivity index is 1.37. The highest BCUT2D eigenvalue weighted by molar-refractivity contribution is 5.81. The van der Waals surface area contributed by atoms with E-state index in [0.717, 1.165) is 41.0 Å². The molecule has 176 valence electrons. The molecule has 0 spiro atoms. The fraction of sp³-hybridized carbons (Fsp3) is 0.152. The molecule has 0 aromatic heterocycles. The van der Waals surface area contributed by atoms with Crippen LogP contribution in [0, 0.1) is 0 Å². The third-order valence-corrected chi connectivity index (χ3v) is 5.79. The van der Waals surface area contributed by atoms with Gasteiger partial charge in [-0.1, -0.05) is 103 Å². The van der Waals surface area contributed by atoms with Crippen molar-refractivity contribution in [3.63, 3.8) is 0 Å². The molecule has 35 heavy (non-hydrogen) atoms. The average molecular weight is 461 g/mol. The molecule has 4 aromatic rings. The second-order valence-corrected chi connectivity index (χ2v) is 8.32. The lowest BCUT2D eigenvalue weighted by molar-refractivity contribution is 0.322. The van der Waals surface area contributed by atoms with Gasteiger partial charge in [-0.15, -0.1) is 0 Å². The maximum atomic E-state index is 5.97. The minimum absolute atomic E-state index is 0.663. The van der Waals surface area contributed by atoms with Gasteiger partial charge >= 0.3 is 0 Å². The molecule has 4 aromatic carbocycles. The highest BCUT2D eigenvalue weighted by Crippen LogP contribution is 2.27. The van der Waals surface area contributed by atoms with Gasteiger partial charge in [0.25, 0.3) is 0 Å². The molecule has 0 bridgehead atoms. The van der Waals surface area contributed by atoms with Crippen molar-refractivity contribution in [2.75, 3.05) is 13.2 Å². The maximum absolute atomic E-state index is 5.97. The molecule has 0 aliphatic carbocycles. The normalized spacial score (nSPS) is 10.8. The van der Waals surface area contributed by atoms with Crippen LogP contribution < -0.4 is 9.47 Å². The molecule has 0 amide bonds. The minimum atomic E-state index is 0.663. The summed E-state index contributed by atoms with van der Waals surface area (Å²) in [6, 6.07) is 37.5. The van der Waals surface area contributed by atoms with Crippen LogP contribution in [-0.2, 0) is 12.8 Å². The first kappa shape index (κ1) is 24.1. The van der Waals surface area contributed by atoms with Gasteiger partial charge in [0.15, 0.2) is 0 Å². The third-order valence-electron chi connectivity index (χ3n) is 5.79. The summed E-state index contributed by atoms with van der Waals surface area (Å²) in [5.41, 5.74) is 6.03. The monoisotopic (exact) mass is 460 g/mol. The van der Waals surface area contributed by atoms with Crippen molar-refractivity contribution in [3.05, 3.63) is 150 Å². The van der Waals surface area contributed by atoms with Gasteiger partial charge < -0.3 is 9.47 Å². The van der Waals surface area contributed by atoms with Gasteiger partial charge in [-0.3, -0.25) is 0 Å². The molecule has 0 heterocycles. The van der Waals surface area contributed by atoms with Gasteiger partial charge in [0.2, 0.25) is 0 Å². The molecule has 0 fully saturated rings. The summed E-state index contributed by atoms with van der Waals surface area (Å²) >= 11 is 0. The largest absolute Gasteiger partial charge is 0.493 e. The Morgan fingerprint density at radius 2 is 1.00 bits per heavy atom. The summed E-state index contributed by atoms with van der Waals surface area (Å²) in [7, 11) is 0. The Morgan fingerprint density at radius 3 is 1.40 bits per heavy atom. The molecule has 2 heteroatoms. The van der Waals surface area contributed by atoms with Gasteiger partial charge in [-0.2, -0.15) is 0 Å². The van der Waals surface area contributed by atoms with E-state index in [1.54, 1.807) is 0 Å². The highest BCUT2D eigenvalue weighted by Gasteiger charge is 2.06. The van der Waals surface area contributed by atoms with Crippen molar-refractivity contribution < 1.29 is 9.47 Å². The molecule has 0 radical (unpaired) electrons. The van der Waals surface area contributed by atoms with E-state index in [2.05, 4.69) is 84.9 Å². The Bertz CT molecular complexity index is 1110. The SMILES string of the molecule is C/C=C/C=C(c1ccc(OCCc2ccccc2)cc1)c1ccc(OCCc2ccccc2)cc1. The fourth-order valence-electron chi connectivity index (χ4n) is 3.88. The van der Waals surface area contributed by atoms with E-state index in [-0.39, 0.29) is 0 Å². The Labute approximate surface area is 209 Å². The first-order valence-electron chi connectivity index (χ1n) is 12.2. The average Bonchev–Trinajstić information content (AvgIpc) is 2.92. The summed E-state index contributed by atoms with van der Waals surface area (Å²) in [6.45, 7) is 3.36. The number of ether oxygens (including phenoxy) is 2. The van der Waals surface area contributed by atoms with E-state index in [1.807, 2.05) is 49.4 Å². The summed E-state index contributed by atoms with van der Waals surface area (Å²) < 4.78 is 11.9. The molecular weight excluding hydrogens is 428 g/mol. The number of hydrogen-bond acceptors (Lipinski definition) is 2. The van der Waals surface area contributed by atoms with Gasteiger partial charge in [-0.25, -0.2) is 0 Å². The predicted octanol–water partition coefficient (Wildman–Crippen LogP) is 7.94. The maximum Gasteiger partial charge on any atom is 0.119 e. The van der Waals surface area contributed by atoms with E-state index in [4.69, 9.17) is 9.47 Å². The van der Waals surface area contributed by atoms with Crippen LogP contribution >= 0.6 is 0 Å². The van der Waals surface area contributed by atoms with Crippen molar-refractivity contribution in [2.45, 2.75) is 19.8 Å². The van der Waals surface area contributed by atoms with E-state index in [1.165, 1.54) is 11.1 Å². The Morgan fingerprint density at radius 1 is 0.571 bits per heavy atom. The molecule has 0 aliphatic rings. The summed E-state index contributed by atoms with van der Waals surface area (Å²) in [6.07, 6.45) is 8.06. The molecule has 2 nitrogen and oxygen atoms in total. The summed E-state index contributed by atoms with van der Waals surface area (Å²) in [4.78, 5) is 0. The first-order chi connectivity index (χ1) is 17.3. The summed E-state index contributed by atoms with van der Waals surface area (Å²) in [5, 5.41) is 0. The number of allylic oxidation sites excluding steroid dienone is 3. The highest BCUT2D eigenvalue weighted by atomic mass is 16.5. The third kappa shape index (κ3) is 7.48. The van der Waals surface area contributed by atoms with Crippen LogP contribution in [0.3, 0.4) is 0 Å². The second-order valence-electron chi connectivity index (χ2n) is 8.32. The van der Waals surface area contributed by atoms with Crippen LogP contribution in [0.1, 0.15) is 29.2 Å². The molecule has 0 unspecified atom stereocenters. The minimum Gasteiger partial charge on any atom is -0.493 e. The van der Waals surface area contributed by atoms with Gasteiger partial charge in [0.1, 0.15) is 11.5 Å². The standard InChI is InChI=1S/C33H32O2/c1-2-3-14-33(29-15-19-31(20-16-29)34-25-23-27-10-6-4-7-11-27)30-17-21-32(22-18-30)35-26-24-28-12-8-5-9-13-28/h2-22H,23-26H2,1H3/b3-2+. The second kappa shape index (κ2) is 13.0. The Hall–Kier alpha value is -4.04. The zero-order chi connectivity index (χ0) is 24.1. The lowest BCUT2D eigenvalue weighted by Crippen LogP contribution is -2.01. The molecule has 0 N–H and O–H groups in total. The topological polar surface area (TPSA) is 18.5 Å². The molecule has 0 atom stereocenters. The lowest BCUT2D eigenvalue weighted by atomic mass is 9.97. The van der Waals surface area contributed by atoms with E-state index in [0.29, 0.717) is 13.2 Å². The van der Waals surface area contributed by atoms with Gasteiger partial charge in [0, 0.05) is 12.8 Å². The van der Waals surface area contributed by atoms with Crippen LogP contribution in [0.2, 0.25) is 0 Å². The number of hydrogen-bond donors (Lipinski definition) is 0. The van der Waals surface area contributed by atoms with Crippen LogP contribution in [0.4, 0.5) is 0 Å². The van der Waals surface area contributed by atoms with E-state index >= 15 is 0 Å². The molecule has 4 rings (SSSR count). The molecular formula is C33H32O2. The number of rotatable bonds is 11. The first-order valence-corrected chi connectivity index (χ1v) is 12.2. The number of benzene rings is 4.